The molecule has 0 aliphatic heterocycles. The number of rotatable bonds is 9. The molecule has 3 heterocycles. The first-order valence-corrected chi connectivity index (χ1v) is 21.8. The molecule has 12 aromatic rings. The van der Waals surface area contributed by atoms with Crippen molar-refractivity contribution < 1.29 is 8.83 Å². The zero-order valence-corrected chi connectivity index (χ0v) is 35.4. The van der Waals surface area contributed by atoms with Crippen molar-refractivity contribution in [3.8, 4) is 102 Å². The van der Waals surface area contributed by atoms with E-state index in [0.717, 1.165) is 77.8 Å². The molecule has 3 aromatic heterocycles. The van der Waals surface area contributed by atoms with Gasteiger partial charge in [0.15, 0.2) is 28.6 Å². The zero-order chi connectivity index (χ0) is 43.8. The minimum Gasteiger partial charge on any atom is -0.436 e. The number of nitrogens with zero attached hydrogens (tertiary/aromatic N) is 5. The van der Waals surface area contributed by atoms with Gasteiger partial charge in [0.1, 0.15) is 11.0 Å². The van der Waals surface area contributed by atoms with Crippen molar-refractivity contribution in [2.45, 2.75) is 0 Å². The van der Waals surface area contributed by atoms with Gasteiger partial charge in [0, 0.05) is 27.8 Å². The van der Waals surface area contributed by atoms with E-state index < -0.39 is 0 Å². The summed E-state index contributed by atoms with van der Waals surface area (Å²) in [7, 11) is 0. The highest BCUT2D eigenvalue weighted by molar-refractivity contribution is 5.85. The molecule has 0 amide bonds. The lowest BCUT2D eigenvalue weighted by molar-refractivity contribution is 0.617. The Bertz CT molecular complexity index is 3280. The number of aromatic nitrogens is 5. The molecule has 0 fully saturated rings. The van der Waals surface area contributed by atoms with E-state index in [9.17, 15) is 0 Å². The summed E-state index contributed by atoms with van der Waals surface area (Å²) < 4.78 is 12.8. The summed E-state index contributed by atoms with van der Waals surface area (Å²) >= 11 is 0. The Morgan fingerprint density at radius 2 is 0.470 bits per heavy atom. The second kappa shape index (κ2) is 16.6. The van der Waals surface area contributed by atoms with Crippen LogP contribution in [0.3, 0.4) is 0 Å². The maximum Gasteiger partial charge on any atom is 0.227 e. The van der Waals surface area contributed by atoms with E-state index in [1.54, 1.807) is 0 Å². The molecule has 0 N–H and O–H groups in total. The number of fused-ring (bicyclic) bond motifs is 2. The molecule has 7 nitrogen and oxygen atoms in total. The molecule has 310 valence electrons. The summed E-state index contributed by atoms with van der Waals surface area (Å²) in [5.74, 6) is 2.41. The Labute approximate surface area is 380 Å². The van der Waals surface area contributed by atoms with Gasteiger partial charge in [-0.25, -0.2) is 24.9 Å². The van der Waals surface area contributed by atoms with E-state index in [-0.39, 0.29) is 0 Å². The fourth-order valence-corrected chi connectivity index (χ4v) is 8.46. The molecular weight excluding hydrogens is 811 g/mol. The number of hydrogen-bond donors (Lipinski definition) is 0. The summed E-state index contributed by atoms with van der Waals surface area (Å²) in [4.78, 5) is 25.9. The molecule has 0 atom stereocenters. The fraction of sp³-hybridized carbons (Fsp3) is 0. The Morgan fingerprint density at radius 1 is 0.212 bits per heavy atom. The average Bonchev–Trinajstić information content (AvgIpc) is 4.05. The van der Waals surface area contributed by atoms with Crippen LogP contribution in [0.25, 0.3) is 124 Å². The van der Waals surface area contributed by atoms with Gasteiger partial charge >= 0.3 is 0 Å². The number of hydrogen-bond acceptors (Lipinski definition) is 7. The molecule has 12 rings (SSSR count). The van der Waals surface area contributed by atoms with Gasteiger partial charge in [-0.1, -0.05) is 146 Å². The third-order valence-corrected chi connectivity index (χ3v) is 11.7. The molecule has 7 heteroatoms. The van der Waals surface area contributed by atoms with Gasteiger partial charge in [-0.2, -0.15) is 0 Å². The quantitative estimate of drug-likeness (QED) is 0.143. The third kappa shape index (κ3) is 7.61. The van der Waals surface area contributed by atoms with Crippen LogP contribution in [0.4, 0.5) is 0 Å². The predicted molar refractivity (Wildman–Crippen MR) is 264 cm³/mol. The second-order valence-electron chi connectivity index (χ2n) is 16.1. The maximum absolute atomic E-state index is 6.39. The van der Waals surface area contributed by atoms with Crippen molar-refractivity contribution in [3.05, 3.63) is 224 Å². The van der Waals surface area contributed by atoms with Gasteiger partial charge in [0.2, 0.25) is 11.8 Å². The molecule has 0 unspecified atom stereocenters. The molecule has 0 spiro atoms. The minimum absolute atomic E-state index is 0.455. The van der Waals surface area contributed by atoms with E-state index in [0.29, 0.717) is 46.0 Å². The SMILES string of the molecule is c1ccc(-c2cc(-c3ccccc3)cc(-c3nc(-c4cc(-c5ccccc5)cc(-c5ccccc5)c4)nc(-c4cc(-c5nc6ccccc6o5)cc(-c5nc6ccccc6o5)c4)n3)c2)cc1. The van der Waals surface area contributed by atoms with Crippen LogP contribution in [0.1, 0.15) is 0 Å². The Balaban J connectivity index is 1.12. The van der Waals surface area contributed by atoms with Gasteiger partial charge in [-0.15, -0.1) is 0 Å². The first kappa shape index (κ1) is 38.6. The topological polar surface area (TPSA) is 90.7 Å². The van der Waals surface area contributed by atoms with Gasteiger partial charge in [0.05, 0.1) is 0 Å². The van der Waals surface area contributed by atoms with Crippen LogP contribution in [-0.4, -0.2) is 24.9 Å². The van der Waals surface area contributed by atoms with Gasteiger partial charge in [0.25, 0.3) is 0 Å². The first-order valence-electron chi connectivity index (χ1n) is 21.8. The van der Waals surface area contributed by atoms with Crippen molar-refractivity contribution in [2.75, 3.05) is 0 Å². The minimum atomic E-state index is 0.455. The van der Waals surface area contributed by atoms with E-state index in [1.807, 2.05) is 91.0 Å². The first-order chi connectivity index (χ1) is 32.6. The summed E-state index contributed by atoms with van der Waals surface area (Å²) in [6.07, 6.45) is 0. The van der Waals surface area contributed by atoms with E-state index in [2.05, 4.69) is 133 Å². The highest BCUT2D eigenvalue weighted by Crippen LogP contribution is 2.38. The van der Waals surface area contributed by atoms with Crippen LogP contribution < -0.4 is 0 Å². The molecule has 0 aliphatic rings. The van der Waals surface area contributed by atoms with Gasteiger partial charge in [-0.05, 0) is 123 Å². The zero-order valence-electron chi connectivity index (χ0n) is 35.4. The molecule has 0 saturated heterocycles. The Kier molecular flexibility index (Phi) is 9.69. The molecule has 0 aliphatic carbocycles. The summed E-state index contributed by atoms with van der Waals surface area (Å²) in [5, 5.41) is 0. The highest BCUT2D eigenvalue weighted by atomic mass is 16.4. The van der Waals surface area contributed by atoms with Crippen LogP contribution >= 0.6 is 0 Å². The summed E-state index contributed by atoms with van der Waals surface area (Å²) in [6, 6.07) is 76.3. The van der Waals surface area contributed by atoms with Crippen molar-refractivity contribution in [2.24, 2.45) is 0 Å². The molecule has 0 radical (unpaired) electrons. The molecular formula is C59H37N5O2. The largest absolute Gasteiger partial charge is 0.436 e. The molecule has 66 heavy (non-hydrogen) atoms. The van der Waals surface area contributed by atoms with E-state index >= 15 is 0 Å². The smallest absolute Gasteiger partial charge is 0.227 e. The number of benzene rings is 9. The van der Waals surface area contributed by atoms with Gasteiger partial charge < -0.3 is 8.83 Å². The highest BCUT2D eigenvalue weighted by Gasteiger charge is 2.20. The fourth-order valence-electron chi connectivity index (χ4n) is 8.46. The number of para-hydroxylation sites is 4. The monoisotopic (exact) mass is 847 g/mol. The van der Waals surface area contributed by atoms with Crippen molar-refractivity contribution in [3.63, 3.8) is 0 Å². The Hall–Kier alpha value is -9.07. The van der Waals surface area contributed by atoms with Crippen molar-refractivity contribution in [1.82, 2.24) is 24.9 Å². The van der Waals surface area contributed by atoms with Gasteiger partial charge in [-0.3, -0.25) is 0 Å². The lowest BCUT2D eigenvalue weighted by Gasteiger charge is -2.14. The van der Waals surface area contributed by atoms with E-state index in [4.69, 9.17) is 33.8 Å². The standard InChI is InChI=1S/C59H37N5O2/c1-5-17-38(18-6-1)42-29-43(39-19-7-2-8-20-39)32-46(31-42)55-62-56(47-33-44(40-21-9-3-10-22-40)30-45(34-47)41-23-11-4-12-24-41)64-57(63-55)48-35-49(58-60-51-25-13-15-27-53(51)65-58)37-50(36-48)59-61-52-26-14-16-28-54(52)66-59/h1-37H. The summed E-state index contributed by atoms with van der Waals surface area (Å²) in [5.41, 5.74) is 15.3. The lowest BCUT2D eigenvalue weighted by Crippen LogP contribution is -2.01. The van der Waals surface area contributed by atoms with Crippen LogP contribution in [0.15, 0.2) is 233 Å². The van der Waals surface area contributed by atoms with Crippen LogP contribution in [0.2, 0.25) is 0 Å². The van der Waals surface area contributed by atoms with Crippen molar-refractivity contribution in [1.29, 1.82) is 0 Å². The third-order valence-electron chi connectivity index (χ3n) is 11.7. The van der Waals surface area contributed by atoms with E-state index in [1.165, 1.54) is 0 Å². The summed E-state index contributed by atoms with van der Waals surface area (Å²) in [6.45, 7) is 0. The molecule has 0 saturated carbocycles. The second-order valence-corrected chi connectivity index (χ2v) is 16.1. The number of oxazole rings is 2. The van der Waals surface area contributed by atoms with Crippen molar-refractivity contribution >= 4 is 22.2 Å². The maximum atomic E-state index is 6.39. The normalized spacial score (nSPS) is 11.3. The Morgan fingerprint density at radius 3 is 0.788 bits per heavy atom. The van der Waals surface area contributed by atoms with Crippen LogP contribution in [0.5, 0.6) is 0 Å². The lowest BCUT2D eigenvalue weighted by atomic mass is 9.95. The molecule has 9 aromatic carbocycles. The van der Waals surface area contributed by atoms with Crippen LogP contribution in [0, 0.1) is 0 Å². The average molecular weight is 848 g/mol. The van der Waals surface area contributed by atoms with Crippen LogP contribution in [-0.2, 0) is 0 Å². The molecule has 0 bridgehead atoms. The predicted octanol–water partition coefficient (Wildman–Crippen LogP) is 15.2.